The van der Waals surface area contributed by atoms with E-state index in [1.54, 1.807) is 0 Å². The number of hydrogen-bond acceptors (Lipinski definition) is 3. The number of aliphatic hydroxyl groups is 1. The van der Waals surface area contributed by atoms with Gasteiger partial charge in [0.1, 0.15) is 0 Å². The zero-order valence-electron chi connectivity index (χ0n) is 11.2. The quantitative estimate of drug-likeness (QED) is 0.760. The summed E-state index contributed by atoms with van der Waals surface area (Å²) in [5, 5.41) is 13.9. The molecule has 1 aromatic carbocycles. The van der Waals surface area contributed by atoms with Crippen LogP contribution >= 0.6 is 11.6 Å². The molecule has 1 aromatic rings. The van der Waals surface area contributed by atoms with Crippen LogP contribution in [0.5, 0.6) is 0 Å². The molecule has 1 atom stereocenters. The van der Waals surface area contributed by atoms with E-state index in [9.17, 15) is 5.11 Å². The molecule has 0 spiro atoms. The molecule has 0 saturated carbocycles. The zero-order valence-corrected chi connectivity index (χ0v) is 12.0. The fourth-order valence-corrected chi connectivity index (χ4v) is 1.96. The van der Waals surface area contributed by atoms with Crippen LogP contribution in [-0.4, -0.2) is 42.3 Å². The lowest BCUT2D eigenvalue weighted by Crippen LogP contribution is -2.38. The summed E-state index contributed by atoms with van der Waals surface area (Å²) < 4.78 is 0. The van der Waals surface area contributed by atoms with Gasteiger partial charge in [-0.3, -0.25) is 0 Å². The Bertz CT molecular complexity index is 325. The maximum Gasteiger partial charge on any atom is 0.0791 e. The molecule has 1 rings (SSSR count). The van der Waals surface area contributed by atoms with Crippen molar-refractivity contribution in [3.05, 3.63) is 34.9 Å². The molecule has 0 aliphatic carbocycles. The molecule has 18 heavy (non-hydrogen) atoms. The van der Waals surface area contributed by atoms with Crippen molar-refractivity contribution in [1.29, 1.82) is 0 Å². The van der Waals surface area contributed by atoms with Crippen LogP contribution < -0.4 is 5.32 Å². The van der Waals surface area contributed by atoms with Gasteiger partial charge >= 0.3 is 0 Å². The normalized spacial score (nSPS) is 12.9. The Kier molecular flexibility index (Phi) is 7.28. The van der Waals surface area contributed by atoms with E-state index >= 15 is 0 Å². The minimum absolute atomic E-state index is 0.322. The van der Waals surface area contributed by atoms with Crippen molar-refractivity contribution in [2.24, 2.45) is 0 Å². The Hall–Kier alpha value is -0.610. The van der Waals surface area contributed by atoms with E-state index in [0.717, 1.165) is 31.2 Å². The number of aliphatic hydroxyl groups excluding tert-OH is 1. The first kappa shape index (κ1) is 15.4. The van der Waals surface area contributed by atoms with Gasteiger partial charge in [0.25, 0.3) is 0 Å². The summed E-state index contributed by atoms with van der Waals surface area (Å²) in [5.41, 5.74) is 1.18. The average Bonchev–Trinajstić information content (AvgIpc) is 2.38. The van der Waals surface area contributed by atoms with Gasteiger partial charge in [0.2, 0.25) is 0 Å². The summed E-state index contributed by atoms with van der Waals surface area (Å²) in [6.07, 6.45) is -0.322. The number of rotatable bonds is 8. The molecule has 0 unspecified atom stereocenters. The summed E-state index contributed by atoms with van der Waals surface area (Å²) in [6.45, 7) is 8.26. The molecule has 0 bridgehead atoms. The molecular weight excluding hydrogens is 248 g/mol. The topological polar surface area (TPSA) is 35.5 Å². The lowest BCUT2D eigenvalue weighted by molar-refractivity contribution is 0.116. The molecule has 3 nitrogen and oxygen atoms in total. The molecular formula is C14H23ClN2O. The fourth-order valence-electron chi connectivity index (χ4n) is 1.83. The number of nitrogens with zero attached hydrogens (tertiary/aromatic N) is 1. The first-order valence-electron chi connectivity index (χ1n) is 6.51. The molecule has 0 heterocycles. The maximum absolute atomic E-state index is 9.88. The minimum atomic E-state index is -0.322. The monoisotopic (exact) mass is 270 g/mol. The first-order chi connectivity index (χ1) is 8.65. The molecule has 0 radical (unpaired) electrons. The van der Waals surface area contributed by atoms with Crippen LogP contribution in [-0.2, 0) is 6.54 Å². The number of likely N-dealkylation sites (N-methyl/N-ethyl adjacent to an activating group) is 1. The number of benzene rings is 1. The molecule has 0 aliphatic rings. The molecule has 0 fully saturated rings. The zero-order chi connectivity index (χ0) is 13.4. The highest BCUT2D eigenvalue weighted by molar-refractivity contribution is 6.30. The standard InChI is InChI=1S/C14H23ClN2O/c1-3-17(4-2)11-14(18)10-16-9-12-5-7-13(15)8-6-12/h5-8,14,16,18H,3-4,9-11H2,1-2H3/t14-/m0/s1. The molecule has 0 amide bonds. The largest absolute Gasteiger partial charge is 0.390 e. The lowest BCUT2D eigenvalue weighted by Gasteiger charge is -2.22. The summed E-state index contributed by atoms with van der Waals surface area (Å²) >= 11 is 5.82. The summed E-state index contributed by atoms with van der Waals surface area (Å²) in [6, 6.07) is 7.74. The van der Waals surface area contributed by atoms with Gasteiger partial charge in [-0.15, -0.1) is 0 Å². The van der Waals surface area contributed by atoms with Crippen LogP contribution in [0.25, 0.3) is 0 Å². The van der Waals surface area contributed by atoms with Crippen molar-refractivity contribution in [1.82, 2.24) is 10.2 Å². The maximum atomic E-state index is 9.88. The number of halogens is 1. The van der Waals surface area contributed by atoms with Gasteiger partial charge in [-0.05, 0) is 30.8 Å². The van der Waals surface area contributed by atoms with Crippen LogP contribution in [0.3, 0.4) is 0 Å². The Morgan fingerprint density at radius 3 is 2.39 bits per heavy atom. The van der Waals surface area contributed by atoms with E-state index in [4.69, 9.17) is 11.6 Å². The van der Waals surface area contributed by atoms with Crippen molar-refractivity contribution < 1.29 is 5.11 Å². The third-order valence-corrected chi connectivity index (χ3v) is 3.24. The minimum Gasteiger partial charge on any atom is -0.390 e. The van der Waals surface area contributed by atoms with Gasteiger partial charge in [0.15, 0.2) is 0 Å². The van der Waals surface area contributed by atoms with Crippen LogP contribution in [0.15, 0.2) is 24.3 Å². The van der Waals surface area contributed by atoms with Gasteiger partial charge in [-0.1, -0.05) is 37.6 Å². The lowest BCUT2D eigenvalue weighted by atomic mass is 10.2. The second kappa shape index (κ2) is 8.48. The van der Waals surface area contributed by atoms with E-state index in [2.05, 4.69) is 24.1 Å². The molecule has 0 aliphatic heterocycles. The Morgan fingerprint density at radius 1 is 1.22 bits per heavy atom. The second-order valence-electron chi connectivity index (χ2n) is 4.40. The Balaban J connectivity index is 2.22. The van der Waals surface area contributed by atoms with Gasteiger partial charge in [0, 0.05) is 24.7 Å². The van der Waals surface area contributed by atoms with Crippen molar-refractivity contribution in [2.45, 2.75) is 26.5 Å². The van der Waals surface area contributed by atoms with Crippen molar-refractivity contribution in [3.8, 4) is 0 Å². The highest BCUT2D eigenvalue weighted by atomic mass is 35.5. The highest BCUT2D eigenvalue weighted by Gasteiger charge is 2.08. The van der Waals surface area contributed by atoms with Crippen LogP contribution in [0, 0.1) is 0 Å². The predicted octanol–water partition coefficient (Wildman–Crippen LogP) is 2.13. The average molecular weight is 271 g/mol. The second-order valence-corrected chi connectivity index (χ2v) is 4.83. The van der Waals surface area contributed by atoms with E-state index in [0.29, 0.717) is 6.54 Å². The van der Waals surface area contributed by atoms with E-state index in [1.165, 1.54) is 5.56 Å². The van der Waals surface area contributed by atoms with Crippen molar-refractivity contribution >= 4 is 11.6 Å². The summed E-state index contributed by atoms with van der Waals surface area (Å²) in [7, 11) is 0. The Labute approximate surface area is 115 Å². The smallest absolute Gasteiger partial charge is 0.0791 e. The summed E-state index contributed by atoms with van der Waals surface area (Å²) in [5.74, 6) is 0. The SMILES string of the molecule is CCN(CC)C[C@@H](O)CNCc1ccc(Cl)cc1. The molecule has 0 aromatic heterocycles. The van der Waals surface area contributed by atoms with Crippen LogP contribution in [0.1, 0.15) is 19.4 Å². The van der Waals surface area contributed by atoms with E-state index in [1.807, 2.05) is 24.3 Å². The highest BCUT2D eigenvalue weighted by Crippen LogP contribution is 2.09. The fraction of sp³-hybridized carbons (Fsp3) is 0.571. The molecule has 0 saturated heterocycles. The van der Waals surface area contributed by atoms with Crippen molar-refractivity contribution in [3.63, 3.8) is 0 Å². The van der Waals surface area contributed by atoms with Crippen LogP contribution in [0.2, 0.25) is 5.02 Å². The Morgan fingerprint density at radius 2 is 1.83 bits per heavy atom. The summed E-state index contributed by atoms with van der Waals surface area (Å²) in [4.78, 5) is 2.22. The van der Waals surface area contributed by atoms with Gasteiger partial charge in [-0.25, -0.2) is 0 Å². The van der Waals surface area contributed by atoms with Gasteiger partial charge in [-0.2, -0.15) is 0 Å². The predicted molar refractivity (Wildman–Crippen MR) is 77.0 cm³/mol. The van der Waals surface area contributed by atoms with Crippen molar-refractivity contribution in [2.75, 3.05) is 26.2 Å². The third-order valence-electron chi connectivity index (χ3n) is 2.99. The van der Waals surface area contributed by atoms with Gasteiger partial charge < -0.3 is 15.3 Å². The number of hydrogen-bond donors (Lipinski definition) is 2. The van der Waals surface area contributed by atoms with Gasteiger partial charge in [0.05, 0.1) is 6.10 Å². The molecule has 102 valence electrons. The third kappa shape index (κ3) is 5.83. The molecule has 4 heteroatoms. The van der Waals surface area contributed by atoms with Crippen LogP contribution in [0.4, 0.5) is 0 Å². The number of nitrogens with one attached hydrogen (secondary N) is 1. The molecule has 2 N–H and O–H groups in total. The van der Waals surface area contributed by atoms with E-state index in [-0.39, 0.29) is 6.10 Å². The van der Waals surface area contributed by atoms with E-state index < -0.39 is 0 Å². The first-order valence-corrected chi connectivity index (χ1v) is 6.89.